The third kappa shape index (κ3) is 23.6. The van der Waals surface area contributed by atoms with Crippen molar-refractivity contribution in [2.45, 2.75) is 174 Å². The summed E-state index contributed by atoms with van der Waals surface area (Å²) in [6.07, 6.45) is 35.0. The van der Waals surface area contributed by atoms with E-state index >= 15 is 0 Å². The fourth-order valence-corrected chi connectivity index (χ4v) is 5.35. The zero-order valence-corrected chi connectivity index (χ0v) is 25.3. The van der Waals surface area contributed by atoms with E-state index in [4.69, 9.17) is 0 Å². The van der Waals surface area contributed by atoms with Crippen molar-refractivity contribution >= 4 is 5.91 Å². The molecule has 220 valence electrons. The summed E-state index contributed by atoms with van der Waals surface area (Å²) in [5, 5.41) is 12.3. The fraction of sp³-hybridized carbons (Fsp3) is 0.800. The van der Waals surface area contributed by atoms with Gasteiger partial charge in [0, 0.05) is 13.0 Å². The molecule has 0 unspecified atom stereocenters. The highest BCUT2D eigenvalue weighted by Gasteiger charge is 2.02. The number of phenols is 1. The maximum absolute atomic E-state index is 12.0. The zero-order valence-electron chi connectivity index (χ0n) is 25.3. The lowest BCUT2D eigenvalue weighted by molar-refractivity contribution is -0.121. The van der Waals surface area contributed by atoms with E-state index in [1.54, 1.807) is 12.1 Å². The minimum atomic E-state index is 0.169. The maximum atomic E-state index is 12.0. The van der Waals surface area contributed by atoms with Gasteiger partial charge >= 0.3 is 0 Å². The van der Waals surface area contributed by atoms with Crippen LogP contribution < -0.4 is 5.32 Å². The monoisotopic (exact) mass is 529 g/mol. The van der Waals surface area contributed by atoms with Crippen molar-refractivity contribution in [2.24, 2.45) is 0 Å². The Morgan fingerprint density at radius 3 is 1.26 bits per heavy atom. The van der Waals surface area contributed by atoms with Crippen molar-refractivity contribution in [3.8, 4) is 5.75 Å². The molecule has 1 rings (SSSR count). The van der Waals surface area contributed by atoms with Gasteiger partial charge in [0.1, 0.15) is 5.75 Å². The van der Waals surface area contributed by atoms with Crippen LogP contribution in [0.3, 0.4) is 0 Å². The molecule has 0 aliphatic heterocycles. The van der Waals surface area contributed by atoms with Crippen LogP contribution in [0.25, 0.3) is 0 Å². The molecule has 1 amide bonds. The molecule has 3 nitrogen and oxygen atoms in total. The van der Waals surface area contributed by atoms with Crippen LogP contribution in [0.15, 0.2) is 24.3 Å². The third-order valence-electron chi connectivity index (χ3n) is 7.93. The summed E-state index contributed by atoms with van der Waals surface area (Å²) in [6, 6.07) is 7.20. The second-order valence-corrected chi connectivity index (χ2v) is 11.6. The van der Waals surface area contributed by atoms with E-state index in [-0.39, 0.29) is 11.7 Å². The Labute approximate surface area is 237 Å². The first-order valence-electron chi connectivity index (χ1n) is 16.8. The maximum Gasteiger partial charge on any atom is 0.220 e. The molecule has 3 heteroatoms. The summed E-state index contributed by atoms with van der Waals surface area (Å²) in [5.74, 6) is 0.454. The van der Waals surface area contributed by atoms with Crippen LogP contribution in [0.2, 0.25) is 0 Å². The van der Waals surface area contributed by atoms with Gasteiger partial charge in [-0.2, -0.15) is 0 Å². The van der Waals surface area contributed by atoms with Gasteiger partial charge in [-0.25, -0.2) is 0 Å². The van der Waals surface area contributed by atoms with Crippen molar-refractivity contribution in [1.82, 2.24) is 5.32 Å². The summed E-state index contributed by atoms with van der Waals surface area (Å²) >= 11 is 0. The van der Waals surface area contributed by atoms with Gasteiger partial charge in [0.05, 0.1) is 0 Å². The first-order chi connectivity index (χ1) is 18.7. The highest BCUT2D eigenvalue weighted by atomic mass is 16.3. The number of hydrogen-bond acceptors (Lipinski definition) is 2. The normalized spacial score (nSPS) is 11.2. The molecule has 0 bridgehead atoms. The number of amides is 1. The average Bonchev–Trinajstić information content (AvgIpc) is 2.92. The van der Waals surface area contributed by atoms with Gasteiger partial charge in [-0.3, -0.25) is 4.79 Å². The van der Waals surface area contributed by atoms with Gasteiger partial charge in [0.25, 0.3) is 0 Å². The van der Waals surface area contributed by atoms with Crippen LogP contribution in [0.5, 0.6) is 5.75 Å². The Bertz CT molecular complexity index is 627. The van der Waals surface area contributed by atoms with E-state index in [1.165, 1.54) is 148 Å². The molecular formula is C35H63NO2. The number of aromatic hydroxyl groups is 1. The molecule has 0 atom stereocenters. The SMILES string of the molecule is CCCCCCCCCCCCCCCCCCCCCCCCCCC(=O)NCCc1ccc(O)cc1. The van der Waals surface area contributed by atoms with Crippen molar-refractivity contribution < 1.29 is 9.90 Å². The molecule has 0 radical (unpaired) electrons. The van der Waals surface area contributed by atoms with E-state index in [0.717, 1.165) is 18.4 Å². The smallest absolute Gasteiger partial charge is 0.220 e. The predicted octanol–water partition coefficient (Wildman–Crippen LogP) is 10.8. The predicted molar refractivity (Wildman–Crippen MR) is 166 cm³/mol. The second kappa shape index (κ2) is 27.1. The summed E-state index contributed by atoms with van der Waals surface area (Å²) in [7, 11) is 0. The van der Waals surface area contributed by atoms with Crippen molar-refractivity contribution in [3.05, 3.63) is 29.8 Å². The van der Waals surface area contributed by atoms with Crippen molar-refractivity contribution in [1.29, 1.82) is 0 Å². The molecule has 0 saturated heterocycles. The first-order valence-corrected chi connectivity index (χ1v) is 16.8. The van der Waals surface area contributed by atoms with E-state index in [1.807, 2.05) is 12.1 Å². The van der Waals surface area contributed by atoms with Crippen LogP contribution >= 0.6 is 0 Å². The van der Waals surface area contributed by atoms with Crippen molar-refractivity contribution in [3.63, 3.8) is 0 Å². The molecular weight excluding hydrogens is 466 g/mol. The molecule has 0 aliphatic carbocycles. The minimum absolute atomic E-state index is 0.169. The zero-order chi connectivity index (χ0) is 27.4. The summed E-state index contributed by atoms with van der Waals surface area (Å²) in [5.41, 5.74) is 1.14. The molecule has 0 heterocycles. The number of benzene rings is 1. The Kier molecular flexibility index (Phi) is 24.6. The van der Waals surface area contributed by atoms with Gasteiger partial charge in [0.15, 0.2) is 0 Å². The lowest BCUT2D eigenvalue weighted by Crippen LogP contribution is -2.25. The second-order valence-electron chi connectivity index (χ2n) is 11.6. The average molecular weight is 530 g/mol. The highest BCUT2D eigenvalue weighted by molar-refractivity contribution is 5.75. The molecule has 0 aliphatic rings. The van der Waals surface area contributed by atoms with Crippen LogP contribution in [-0.4, -0.2) is 17.6 Å². The van der Waals surface area contributed by atoms with Crippen LogP contribution in [0, 0.1) is 0 Å². The van der Waals surface area contributed by atoms with Crippen molar-refractivity contribution in [2.75, 3.05) is 6.54 Å². The number of rotatable bonds is 28. The fourth-order valence-electron chi connectivity index (χ4n) is 5.35. The number of hydrogen-bond donors (Lipinski definition) is 2. The van der Waals surface area contributed by atoms with Gasteiger partial charge in [0.2, 0.25) is 5.91 Å². The number of carbonyl (C=O) groups excluding carboxylic acids is 1. The molecule has 0 spiro atoms. The Morgan fingerprint density at radius 2 is 0.895 bits per heavy atom. The topological polar surface area (TPSA) is 49.3 Å². The Morgan fingerprint density at radius 1 is 0.553 bits per heavy atom. The van der Waals surface area contributed by atoms with E-state index in [2.05, 4.69) is 12.2 Å². The number of carbonyl (C=O) groups is 1. The minimum Gasteiger partial charge on any atom is -0.508 e. The highest BCUT2D eigenvalue weighted by Crippen LogP contribution is 2.16. The van der Waals surface area contributed by atoms with Gasteiger partial charge in [-0.1, -0.05) is 167 Å². The third-order valence-corrected chi connectivity index (χ3v) is 7.93. The standard InChI is InChI=1S/C35H63NO2/c1-2-3-4-5-6-7-8-9-10-11-12-13-14-15-16-17-18-19-20-21-22-23-24-25-26-35(38)36-32-31-33-27-29-34(37)30-28-33/h27-30,37H,2-26,31-32H2,1H3,(H,36,38). The van der Waals surface area contributed by atoms with Gasteiger partial charge in [-0.05, 0) is 30.5 Å². The van der Waals surface area contributed by atoms with Crippen LogP contribution in [-0.2, 0) is 11.2 Å². The summed E-state index contributed by atoms with van der Waals surface area (Å²) < 4.78 is 0. The van der Waals surface area contributed by atoms with Crippen LogP contribution in [0.4, 0.5) is 0 Å². The number of unbranched alkanes of at least 4 members (excludes halogenated alkanes) is 23. The first kappa shape index (κ1) is 34.5. The van der Waals surface area contributed by atoms with Gasteiger partial charge < -0.3 is 10.4 Å². The Balaban J connectivity index is 1.70. The van der Waals surface area contributed by atoms with E-state index in [0.29, 0.717) is 13.0 Å². The molecule has 0 saturated carbocycles. The van der Waals surface area contributed by atoms with E-state index < -0.39 is 0 Å². The lowest BCUT2D eigenvalue weighted by Gasteiger charge is -2.06. The molecule has 0 aromatic heterocycles. The largest absolute Gasteiger partial charge is 0.508 e. The molecule has 1 aromatic carbocycles. The molecule has 38 heavy (non-hydrogen) atoms. The number of nitrogens with one attached hydrogen (secondary N) is 1. The lowest BCUT2D eigenvalue weighted by atomic mass is 10.0. The Hall–Kier alpha value is -1.51. The van der Waals surface area contributed by atoms with E-state index in [9.17, 15) is 9.90 Å². The summed E-state index contributed by atoms with van der Waals surface area (Å²) in [6.45, 7) is 2.97. The molecule has 2 N–H and O–H groups in total. The van der Waals surface area contributed by atoms with Gasteiger partial charge in [-0.15, -0.1) is 0 Å². The van der Waals surface area contributed by atoms with Crippen LogP contribution in [0.1, 0.15) is 173 Å². The quantitative estimate of drug-likeness (QED) is 0.106. The summed E-state index contributed by atoms with van der Waals surface area (Å²) in [4.78, 5) is 12.0. The molecule has 0 fully saturated rings. The number of phenolic OH excluding ortho intramolecular Hbond substituents is 1. The molecule has 1 aromatic rings.